The van der Waals surface area contributed by atoms with Gasteiger partial charge in [0.2, 0.25) is 0 Å². The summed E-state index contributed by atoms with van der Waals surface area (Å²) in [5.41, 5.74) is 7.71. The summed E-state index contributed by atoms with van der Waals surface area (Å²) in [6.45, 7) is 0. The van der Waals surface area contributed by atoms with Crippen molar-refractivity contribution in [2.45, 2.75) is 0 Å². The van der Waals surface area contributed by atoms with Gasteiger partial charge in [0.15, 0.2) is 0 Å². The summed E-state index contributed by atoms with van der Waals surface area (Å²) < 4.78 is 0. The average molecular weight is 214 g/mol. The molecule has 80 valence electrons. The van der Waals surface area contributed by atoms with E-state index >= 15 is 0 Å². The molecule has 0 amide bonds. The maximum Gasteiger partial charge on any atom is 0.277 e. The van der Waals surface area contributed by atoms with Gasteiger partial charge >= 0.3 is 0 Å². The third-order valence-electron chi connectivity index (χ3n) is 2.32. The summed E-state index contributed by atoms with van der Waals surface area (Å²) >= 11 is 0. The van der Waals surface area contributed by atoms with Crippen LogP contribution in [0.4, 0.5) is 11.4 Å². The highest BCUT2D eigenvalue weighted by Gasteiger charge is 2.13. The highest BCUT2D eigenvalue weighted by Crippen LogP contribution is 2.29. The van der Waals surface area contributed by atoms with Crippen molar-refractivity contribution in [1.29, 1.82) is 0 Å². The molecule has 0 unspecified atom stereocenters. The number of nitro benzene ring substituents is 1. The van der Waals surface area contributed by atoms with Crippen LogP contribution in [0, 0.1) is 10.1 Å². The van der Waals surface area contributed by atoms with Crippen molar-refractivity contribution < 1.29 is 4.92 Å². The number of para-hydroxylation sites is 1. The van der Waals surface area contributed by atoms with Gasteiger partial charge in [0.25, 0.3) is 5.69 Å². The lowest BCUT2D eigenvalue weighted by Gasteiger charge is -2.03. The van der Waals surface area contributed by atoms with Gasteiger partial charge in [-0.05, 0) is 23.8 Å². The molecule has 0 saturated carbocycles. The second-order valence-electron chi connectivity index (χ2n) is 3.40. The number of hydrogen-bond acceptors (Lipinski definition) is 3. The van der Waals surface area contributed by atoms with Gasteiger partial charge in [0.05, 0.1) is 10.5 Å². The molecule has 4 nitrogen and oxygen atoms in total. The molecule has 0 saturated heterocycles. The number of nitrogen functional groups attached to an aromatic ring is 1. The standard InChI is InChI=1S/C12H10N2O2/c13-10-7-5-9(6-8-10)11-3-1-2-4-12(11)14(15)16/h1-8H,13H2. The molecule has 0 atom stereocenters. The van der Waals surface area contributed by atoms with Gasteiger partial charge in [-0.2, -0.15) is 0 Å². The van der Waals surface area contributed by atoms with Gasteiger partial charge in [-0.3, -0.25) is 10.1 Å². The first-order valence-corrected chi connectivity index (χ1v) is 4.78. The summed E-state index contributed by atoms with van der Waals surface area (Å²) in [6.07, 6.45) is 0. The van der Waals surface area contributed by atoms with Gasteiger partial charge in [-0.1, -0.05) is 24.3 Å². The predicted octanol–water partition coefficient (Wildman–Crippen LogP) is 2.84. The van der Waals surface area contributed by atoms with Crippen LogP contribution in [0.1, 0.15) is 0 Å². The molecule has 0 aliphatic heterocycles. The number of nitrogens with two attached hydrogens (primary N) is 1. The lowest BCUT2D eigenvalue weighted by atomic mass is 10.0. The molecule has 2 aromatic rings. The first-order valence-electron chi connectivity index (χ1n) is 4.78. The Balaban J connectivity index is 2.55. The van der Waals surface area contributed by atoms with E-state index in [9.17, 15) is 10.1 Å². The van der Waals surface area contributed by atoms with Crippen LogP contribution >= 0.6 is 0 Å². The second-order valence-corrected chi connectivity index (χ2v) is 3.40. The molecule has 0 bridgehead atoms. The normalized spacial score (nSPS) is 10.0. The van der Waals surface area contributed by atoms with E-state index in [1.54, 1.807) is 42.5 Å². The summed E-state index contributed by atoms with van der Waals surface area (Å²) in [4.78, 5) is 10.5. The van der Waals surface area contributed by atoms with E-state index in [0.717, 1.165) is 5.56 Å². The molecule has 0 fully saturated rings. The Morgan fingerprint density at radius 3 is 2.25 bits per heavy atom. The summed E-state index contributed by atoms with van der Waals surface area (Å²) in [5.74, 6) is 0. The van der Waals surface area contributed by atoms with Gasteiger partial charge < -0.3 is 5.73 Å². The molecule has 2 N–H and O–H groups in total. The second kappa shape index (κ2) is 4.02. The van der Waals surface area contributed by atoms with E-state index < -0.39 is 0 Å². The van der Waals surface area contributed by atoms with Gasteiger partial charge in [0.1, 0.15) is 0 Å². The minimum atomic E-state index is -0.383. The molecule has 2 rings (SSSR count). The van der Waals surface area contributed by atoms with E-state index in [2.05, 4.69) is 0 Å². The monoisotopic (exact) mass is 214 g/mol. The topological polar surface area (TPSA) is 69.2 Å². The van der Waals surface area contributed by atoms with Gasteiger partial charge in [-0.15, -0.1) is 0 Å². The molecule has 16 heavy (non-hydrogen) atoms. The van der Waals surface area contributed by atoms with E-state index in [-0.39, 0.29) is 10.6 Å². The Bertz CT molecular complexity index is 521. The number of benzene rings is 2. The minimum Gasteiger partial charge on any atom is -0.399 e. The van der Waals surface area contributed by atoms with Crippen molar-refractivity contribution in [3.8, 4) is 11.1 Å². The van der Waals surface area contributed by atoms with E-state index in [1.165, 1.54) is 6.07 Å². The third-order valence-corrected chi connectivity index (χ3v) is 2.32. The smallest absolute Gasteiger partial charge is 0.277 e. The summed E-state index contributed by atoms with van der Waals surface area (Å²) in [7, 11) is 0. The summed E-state index contributed by atoms with van der Waals surface area (Å²) in [5, 5.41) is 10.8. The molecule has 2 aromatic carbocycles. The Hall–Kier alpha value is -2.36. The largest absolute Gasteiger partial charge is 0.399 e. The minimum absolute atomic E-state index is 0.104. The highest BCUT2D eigenvalue weighted by atomic mass is 16.6. The van der Waals surface area contributed by atoms with E-state index in [4.69, 9.17) is 5.73 Å². The zero-order chi connectivity index (χ0) is 11.5. The molecule has 0 aliphatic rings. The maximum absolute atomic E-state index is 10.8. The zero-order valence-electron chi connectivity index (χ0n) is 8.46. The van der Waals surface area contributed by atoms with Crippen molar-refractivity contribution in [3.63, 3.8) is 0 Å². The van der Waals surface area contributed by atoms with E-state index in [1.807, 2.05) is 0 Å². The van der Waals surface area contributed by atoms with Crippen LogP contribution < -0.4 is 5.73 Å². The lowest BCUT2D eigenvalue weighted by Crippen LogP contribution is -1.91. The predicted molar refractivity (Wildman–Crippen MR) is 62.9 cm³/mol. The molecule has 0 aliphatic carbocycles. The van der Waals surface area contributed by atoms with Crippen LogP contribution in [0.2, 0.25) is 0 Å². The highest BCUT2D eigenvalue weighted by molar-refractivity contribution is 5.74. The zero-order valence-corrected chi connectivity index (χ0v) is 8.46. The fraction of sp³-hybridized carbons (Fsp3) is 0. The van der Waals surface area contributed by atoms with Crippen LogP contribution in [-0.4, -0.2) is 4.92 Å². The molecule has 0 radical (unpaired) electrons. The number of nitro groups is 1. The van der Waals surface area contributed by atoms with Crippen molar-refractivity contribution in [3.05, 3.63) is 58.6 Å². The van der Waals surface area contributed by atoms with Gasteiger partial charge in [-0.25, -0.2) is 0 Å². The number of rotatable bonds is 2. The fourth-order valence-electron chi connectivity index (χ4n) is 1.54. The first kappa shape index (κ1) is 10.2. The van der Waals surface area contributed by atoms with Crippen molar-refractivity contribution in [2.24, 2.45) is 0 Å². The van der Waals surface area contributed by atoms with Crippen LogP contribution in [0.15, 0.2) is 48.5 Å². The van der Waals surface area contributed by atoms with Crippen molar-refractivity contribution in [2.75, 3.05) is 5.73 Å². The first-order chi connectivity index (χ1) is 7.68. The lowest BCUT2D eigenvalue weighted by molar-refractivity contribution is -0.384. The van der Waals surface area contributed by atoms with Crippen LogP contribution in [0.3, 0.4) is 0 Å². The molecule has 0 aromatic heterocycles. The Labute approximate surface area is 92.5 Å². The SMILES string of the molecule is Nc1ccc(-c2ccccc2[N+](=O)[O-])cc1. The molecule has 4 heteroatoms. The van der Waals surface area contributed by atoms with Gasteiger partial charge in [0, 0.05) is 11.8 Å². The third kappa shape index (κ3) is 1.86. The van der Waals surface area contributed by atoms with Crippen molar-refractivity contribution in [1.82, 2.24) is 0 Å². The van der Waals surface area contributed by atoms with Crippen LogP contribution in [0.5, 0.6) is 0 Å². The quantitative estimate of drug-likeness (QED) is 0.474. The Morgan fingerprint density at radius 1 is 1.00 bits per heavy atom. The number of anilines is 1. The molecular formula is C12H10N2O2. The molecular weight excluding hydrogens is 204 g/mol. The fourth-order valence-corrected chi connectivity index (χ4v) is 1.54. The van der Waals surface area contributed by atoms with Crippen LogP contribution in [0.25, 0.3) is 11.1 Å². The number of nitrogens with zero attached hydrogens (tertiary/aromatic N) is 1. The summed E-state index contributed by atoms with van der Waals surface area (Å²) in [6, 6.07) is 13.7. The Morgan fingerprint density at radius 2 is 1.62 bits per heavy atom. The molecule has 0 spiro atoms. The Kier molecular flexibility index (Phi) is 2.55. The average Bonchev–Trinajstić information content (AvgIpc) is 2.30. The van der Waals surface area contributed by atoms with E-state index in [0.29, 0.717) is 11.3 Å². The maximum atomic E-state index is 10.8. The number of hydrogen-bond donors (Lipinski definition) is 1. The van der Waals surface area contributed by atoms with Crippen LogP contribution in [-0.2, 0) is 0 Å². The van der Waals surface area contributed by atoms with Crippen molar-refractivity contribution >= 4 is 11.4 Å². The molecule has 0 heterocycles.